The van der Waals surface area contributed by atoms with Gasteiger partial charge in [-0.25, -0.2) is 0 Å². The predicted octanol–water partition coefficient (Wildman–Crippen LogP) is 0.373. The van der Waals surface area contributed by atoms with Gasteiger partial charge in [0.25, 0.3) is 0 Å². The van der Waals surface area contributed by atoms with Gasteiger partial charge in [-0.1, -0.05) is 12.2 Å². The Labute approximate surface area is 117 Å². The normalized spacial score (nSPS) is 26.4. The van der Waals surface area contributed by atoms with Crippen LogP contribution >= 0.6 is 0 Å². The zero-order chi connectivity index (χ0) is 14.7. The zero-order valence-corrected chi connectivity index (χ0v) is 11.7. The first-order chi connectivity index (χ1) is 9.55. The summed E-state index contributed by atoms with van der Waals surface area (Å²) in [5.41, 5.74) is 0. The van der Waals surface area contributed by atoms with Crippen LogP contribution in [-0.2, 0) is 23.9 Å². The third-order valence-corrected chi connectivity index (χ3v) is 4.00. The highest BCUT2D eigenvalue weighted by molar-refractivity contribution is 5.87. The van der Waals surface area contributed by atoms with E-state index in [1.807, 2.05) is 0 Å². The number of rotatable bonds is 5. The molecule has 6 heteroatoms. The molecule has 0 aliphatic heterocycles. The van der Waals surface area contributed by atoms with Crippen molar-refractivity contribution < 1.29 is 23.9 Å². The number of carbonyl (C=O) groups is 3. The smallest absolute Gasteiger partial charge is 0.325 e. The molecule has 0 saturated heterocycles. The Morgan fingerprint density at radius 1 is 1.05 bits per heavy atom. The summed E-state index contributed by atoms with van der Waals surface area (Å²) in [7, 11) is 2.51. The van der Waals surface area contributed by atoms with Crippen molar-refractivity contribution in [3.05, 3.63) is 12.2 Å². The highest BCUT2D eigenvalue weighted by atomic mass is 16.5. The van der Waals surface area contributed by atoms with Crippen LogP contribution in [0.5, 0.6) is 0 Å². The summed E-state index contributed by atoms with van der Waals surface area (Å²) in [4.78, 5) is 36.5. The second kappa shape index (κ2) is 6.07. The van der Waals surface area contributed by atoms with Crippen LogP contribution in [0.3, 0.4) is 0 Å². The van der Waals surface area contributed by atoms with Gasteiger partial charge >= 0.3 is 11.9 Å². The standard InChI is InChI=1S/C14H19NO5/c1-19-12(16)7-15(8-13(17)20-2)14(18)11-6-9-3-4-10(11)5-9/h3-4,9-11H,5-8H2,1-2H3. The molecule has 20 heavy (non-hydrogen) atoms. The van der Waals surface area contributed by atoms with Crippen molar-refractivity contribution in [3.63, 3.8) is 0 Å². The van der Waals surface area contributed by atoms with E-state index in [9.17, 15) is 14.4 Å². The lowest BCUT2D eigenvalue weighted by molar-refractivity contribution is -0.154. The van der Waals surface area contributed by atoms with E-state index < -0.39 is 11.9 Å². The number of ether oxygens (including phenoxy) is 2. The molecule has 1 saturated carbocycles. The molecule has 3 unspecified atom stereocenters. The van der Waals surface area contributed by atoms with Gasteiger partial charge in [0.05, 0.1) is 14.2 Å². The van der Waals surface area contributed by atoms with Gasteiger partial charge in [-0.15, -0.1) is 0 Å². The van der Waals surface area contributed by atoms with Crippen molar-refractivity contribution in [1.29, 1.82) is 0 Å². The summed E-state index contributed by atoms with van der Waals surface area (Å²) in [6.07, 6.45) is 5.98. The number of nitrogens with zero attached hydrogens (tertiary/aromatic N) is 1. The molecule has 2 rings (SSSR count). The van der Waals surface area contributed by atoms with E-state index in [2.05, 4.69) is 21.6 Å². The Kier molecular flexibility index (Phi) is 4.42. The van der Waals surface area contributed by atoms with Crippen LogP contribution in [0, 0.1) is 17.8 Å². The second-order valence-corrected chi connectivity index (χ2v) is 5.23. The lowest BCUT2D eigenvalue weighted by atomic mass is 9.92. The fourth-order valence-electron chi connectivity index (χ4n) is 2.95. The fraction of sp³-hybridized carbons (Fsp3) is 0.643. The summed E-state index contributed by atoms with van der Waals surface area (Å²) < 4.78 is 9.14. The lowest BCUT2D eigenvalue weighted by Crippen LogP contribution is -2.44. The number of carbonyl (C=O) groups excluding carboxylic acids is 3. The number of allylic oxidation sites excluding steroid dienone is 2. The van der Waals surface area contributed by atoms with Gasteiger partial charge in [0.1, 0.15) is 13.1 Å². The van der Waals surface area contributed by atoms with Crippen LogP contribution in [-0.4, -0.2) is 50.1 Å². The number of methoxy groups -OCH3 is 2. The van der Waals surface area contributed by atoms with E-state index in [1.54, 1.807) is 0 Å². The average Bonchev–Trinajstić information content (AvgIpc) is 3.07. The Balaban J connectivity index is 2.04. The van der Waals surface area contributed by atoms with E-state index in [4.69, 9.17) is 0 Å². The van der Waals surface area contributed by atoms with Crippen LogP contribution in [0.1, 0.15) is 12.8 Å². The molecule has 0 aromatic rings. The maximum absolute atomic E-state index is 12.5. The van der Waals surface area contributed by atoms with E-state index in [1.165, 1.54) is 19.1 Å². The highest BCUT2D eigenvalue weighted by Crippen LogP contribution is 2.44. The van der Waals surface area contributed by atoms with E-state index >= 15 is 0 Å². The number of fused-ring (bicyclic) bond motifs is 2. The quantitative estimate of drug-likeness (QED) is 0.538. The van der Waals surface area contributed by atoms with Gasteiger partial charge in [-0.2, -0.15) is 0 Å². The van der Waals surface area contributed by atoms with Crippen molar-refractivity contribution in [2.45, 2.75) is 12.8 Å². The van der Waals surface area contributed by atoms with Crippen LogP contribution in [0.2, 0.25) is 0 Å². The fourth-order valence-corrected chi connectivity index (χ4v) is 2.95. The molecule has 0 N–H and O–H groups in total. The molecule has 0 aromatic heterocycles. The molecular weight excluding hydrogens is 262 g/mol. The topological polar surface area (TPSA) is 72.9 Å². The first-order valence-electron chi connectivity index (χ1n) is 6.66. The summed E-state index contributed by atoms with van der Waals surface area (Å²) in [5.74, 6) is -0.712. The average molecular weight is 281 g/mol. The first kappa shape index (κ1) is 14.6. The van der Waals surface area contributed by atoms with Gasteiger partial charge < -0.3 is 14.4 Å². The van der Waals surface area contributed by atoms with E-state index in [-0.39, 0.29) is 30.8 Å². The van der Waals surface area contributed by atoms with Crippen molar-refractivity contribution in [3.8, 4) is 0 Å². The molecular formula is C14H19NO5. The molecule has 0 heterocycles. The second-order valence-electron chi connectivity index (χ2n) is 5.23. The van der Waals surface area contributed by atoms with Crippen molar-refractivity contribution in [1.82, 2.24) is 4.90 Å². The number of hydrogen-bond acceptors (Lipinski definition) is 5. The SMILES string of the molecule is COC(=O)CN(CC(=O)OC)C(=O)C1CC2C=CC1C2. The van der Waals surface area contributed by atoms with Crippen molar-refractivity contribution in [2.75, 3.05) is 27.3 Å². The molecule has 3 atom stereocenters. The predicted molar refractivity (Wildman–Crippen MR) is 69.5 cm³/mol. The Morgan fingerprint density at radius 2 is 1.65 bits per heavy atom. The summed E-state index contributed by atoms with van der Waals surface area (Å²) in [6, 6.07) is 0. The summed E-state index contributed by atoms with van der Waals surface area (Å²) in [6.45, 7) is -0.440. The summed E-state index contributed by atoms with van der Waals surface area (Å²) in [5, 5.41) is 0. The zero-order valence-electron chi connectivity index (χ0n) is 11.7. The molecule has 0 aromatic carbocycles. The minimum atomic E-state index is -0.541. The monoisotopic (exact) mass is 281 g/mol. The van der Waals surface area contributed by atoms with E-state index in [0.717, 1.165) is 12.8 Å². The number of esters is 2. The van der Waals surface area contributed by atoms with Gasteiger partial charge in [-0.3, -0.25) is 14.4 Å². The molecule has 110 valence electrons. The Bertz CT molecular complexity index is 427. The van der Waals surface area contributed by atoms with Crippen molar-refractivity contribution in [2.24, 2.45) is 17.8 Å². The number of hydrogen-bond donors (Lipinski definition) is 0. The van der Waals surface area contributed by atoms with Gasteiger partial charge in [0, 0.05) is 5.92 Å². The largest absolute Gasteiger partial charge is 0.468 e. The molecule has 2 aliphatic rings. The van der Waals surface area contributed by atoms with Crippen molar-refractivity contribution >= 4 is 17.8 Å². The maximum Gasteiger partial charge on any atom is 0.325 e. The maximum atomic E-state index is 12.5. The Morgan fingerprint density at radius 3 is 2.05 bits per heavy atom. The molecule has 2 aliphatic carbocycles. The molecule has 1 fully saturated rings. The lowest BCUT2D eigenvalue weighted by Gasteiger charge is -2.26. The third-order valence-electron chi connectivity index (χ3n) is 4.00. The van der Waals surface area contributed by atoms with Crippen LogP contribution < -0.4 is 0 Å². The highest BCUT2D eigenvalue weighted by Gasteiger charge is 2.42. The molecule has 0 radical (unpaired) electrons. The van der Waals surface area contributed by atoms with Gasteiger partial charge in [0.2, 0.25) is 5.91 Å². The van der Waals surface area contributed by atoms with Crippen LogP contribution in [0.25, 0.3) is 0 Å². The Hall–Kier alpha value is -1.85. The van der Waals surface area contributed by atoms with Gasteiger partial charge in [0.15, 0.2) is 0 Å². The van der Waals surface area contributed by atoms with Crippen LogP contribution in [0.4, 0.5) is 0 Å². The third kappa shape index (κ3) is 3.00. The molecule has 6 nitrogen and oxygen atoms in total. The van der Waals surface area contributed by atoms with Gasteiger partial charge in [-0.05, 0) is 24.7 Å². The molecule has 2 bridgehead atoms. The first-order valence-corrected chi connectivity index (χ1v) is 6.66. The minimum Gasteiger partial charge on any atom is -0.468 e. The van der Waals surface area contributed by atoms with Crippen LogP contribution in [0.15, 0.2) is 12.2 Å². The minimum absolute atomic E-state index is 0.140. The van der Waals surface area contributed by atoms with E-state index in [0.29, 0.717) is 5.92 Å². The number of amides is 1. The molecule has 1 amide bonds. The summed E-state index contributed by atoms with van der Waals surface area (Å²) >= 11 is 0. The molecule has 0 spiro atoms.